The molecule has 3 N–H and O–H groups in total. The third-order valence-corrected chi connectivity index (χ3v) is 3.59. The Kier molecular flexibility index (Phi) is 5.31. The van der Waals surface area contributed by atoms with Crippen molar-refractivity contribution in [1.82, 2.24) is 4.90 Å². The number of rotatable bonds is 5. The van der Waals surface area contributed by atoms with E-state index in [1.807, 2.05) is 6.92 Å². The van der Waals surface area contributed by atoms with Gasteiger partial charge in [0.2, 0.25) is 5.91 Å². The van der Waals surface area contributed by atoms with Crippen LogP contribution in [0.5, 0.6) is 5.75 Å². The number of hydrogen-bond acceptors (Lipinski definition) is 4. The molecule has 1 unspecified atom stereocenters. The van der Waals surface area contributed by atoms with Crippen molar-refractivity contribution in [2.75, 3.05) is 19.3 Å². The van der Waals surface area contributed by atoms with Crippen LogP contribution in [-0.2, 0) is 4.79 Å². The van der Waals surface area contributed by atoms with Crippen LogP contribution in [0.15, 0.2) is 29.2 Å². The molecule has 1 aromatic carbocycles. The number of amides is 1. The molecule has 17 heavy (non-hydrogen) atoms. The maximum Gasteiger partial charge on any atom is 0.232 e. The standard InChI is InChI=1S/C12H18N2O2S/c1-9(7-13)14(2)12(16)8-17-11-5-3-10(15)4-6-11/h3-6,9,15H,7-8,13H2,1-2H3. The van der Waals surface area contributed by atoms with Gasteiger partial charge >= 0.3 is 0 Å². The molecule has 94 valence electrons. The van der Waals surface area contributed by atoms with Gasteiger partial charge in [-0.15, -0.1) is 11.8 Å². The van der Waals surface area contributed by atoms with E-state index in [0.717, 1.165) is 4.90 Å². The lowest BCUT2D eigenvalue weighted by Gasteiger charge is -2.23. The first kappa shape index (κ1) is 13.9. The molecule has 1 atom stereocenters. The molecule has 0 saturated carbocycles. The van der Waals surface area contributed by atoms with Crippen molar-refractivity contribution in [3.05, 3.63) is 24.3 Å². The Morgan fingerprint density at radius 1 is 1.47 bits per heavy atom. The van der Waals surface area contributed by atoms with E-state index in [1.165, 1.54) is 11.8 Å². The predicted molar refractivity (Wildman–Crippen MR) is 70.1 cm³/mol. The molecule has 0 saturated heterocycles. The quantitative estimate of drug-likeness (QED) is 0.777. The summed E-state index contributed by atoms with van der Waals surface area (Å²) in [5, 5.41) is 9.13. The van der Waals surface area contributed by atoms with Crippen molar-refractivity contribution in [3.8, 4) is 5.75 Å². The molecule has 0 aromatic heterocycles. The van der Waals surface area contributed by atoms with Crippen LogP contribution >= 0.6 is 11.8 Å². The molecule has 0 spiro atoms. The summed E-state index contributed by atoms with van der Waals surface area (Å²) in [6.45, 7) is 2.38. The van der Waals surface area contributed by atoms with Crippen LogP contribution in [-0.4, -0.2) is 41.3 Å². The number of thioether (sulfide) groups is 1. The Labute approximate surface area is 106 Å². The lowest BCUT2D eigenvalue weighted by molar-refractivity contribution is -0.128. The van der Waals surface area contributed by atoms with E-state index < -0.39 is 0 Å². The van der Waals surface area contributed by atoms with E-state index in [4.69, 9.17) is 10.8 Å². The van der Waals surface area contributed by atoms with Gasteiger partial charge in [0.05, 0.1) is 5.75 Å². The van der Waals surface area contributed by atoms with Gasteiger partial charge in [-0.25, -0.2) is 0 Å². The summed E-state index contributed by atoms with van der Waals surface area (Å²) in [6.07, 6.45) is 0. The van der Waals surface area contributed by atoms with Crippen LogP contribution in [0.4, 0.5) is 0 Å². The zero-order chi connectivity index (χ0) is 12.8. The number of carbonyl (C=O) groups is 1. The van der Waals surface area contributed by atoms with E-state index in [0.29, 0.717) is 12.3 Å². The van der Waals surface area contributed by atoms with E-state index in [-0.39, 0.29) is 17.7 Å². The first-order valence-corrected chi connectivity index (χ1v) is 6.40. The van der Waals surface area contributed by atoms with Gasteiger partial charge in [-0.2, -0.15) is 0 Å². The second kappa shape index (κ2) is 6.51. The van der Waals surface area contributed by atoms with Gasteiger partial charge in [-0.05, 0) is 31.2 Å². The van der Waals surface area contributed by atoms with Crippen molar-refractivity contribution in [3.63, 3.8) is 0 Å². The highest BCUT2D eigenvalue weighted by Crippen LogP contribution is 2.20. The first-order chi connectivity index (χ1) is 8.04. The molecule has 0 aliphatic rings. The lowest BCUT2D eigenvalue weighted by atomic mass is 10.3. The summed E-state index contributed by atoms with van der Waals surface area (Å²) in [4.78, 5) is 14.4. The summed E-state index contributed by atoms with van der Waals surface area (Å²) in [5.74, 6) is 0.668. The highest BCUT2D eigenvalue weighted by Gasteiger charge is 2.14. The fraction of sp³-hybridized carbons (Fsp3) is 0.417. The molecule has 0 bridgehead atoms. The Morgan fingerprint density at radius 2 is 2.06 bits per heavy atom. The summed E-state index contributed by atoms with van der Waals surface area (Å²) in [6, 6.07) is 6.86. The molecule has 0 radical (unpaired) electrons. The maximum atomic E-state index is 11.8. The number of carbonyl (C=O) groups excluding carboxylic acids is 1. The van der Waals surface area contributed by atoms with Gasteiger partial charge in [0.15, 0.2) is 0 Å². The Hall–Kier alpha value is -1.20. The van der Waals surface area contributed by atoms with Gasteiger partial charge in [0, 0.05) is 24.5 Å². The fourth-order valence-corrected chi connectivity index (χ4v) is 2.02. The number of aromatic hydroxyl groups is 1. The zero-order valence-electron chi connectivity index (χ0n) is 10.1. The molecule has 1 amide bonds. The van der Waals surface area contributed by atoms with Gasteiger partial charge in [-0.1, -0.05) is 0 Å². The molecule has 1 aromatic rings. The van der Waals surface area contributed by atoms with Crippen LogP contribution < -0.4 is 5.73 Å². The van der Waals surface area contributed by atoms with E-state index >= 15 is 0 Å². The smallest absolute Gasteiger partial charge is 0.232 e. The van der Waals surface area contributed by atoms with Gasteiger partial charge < -0.3 is 15.7 Å². The average Bonchev–Trinajstić information content (AvgIpc) is 2.35. The molecule has 0 aliphatic heterocycles. The molecular formula is C12H18N2O2S. The second-order valence-corrected chi connectivity index (χ2v) is 4.92. The summed E-state index contributed by atoms with van der Waals surface area (Å²) in [5.41, 5.74) is 5.51. The number of likely N-dealkylation sites (N-methyl/N-ethyl adjacent to an activating group) is 1. The highest BCUT2D eigenvalue weighted by atomic mass is 32.2. The molecule has 0 fully saturated rings. The minimum Gasteiger partial charge on any atom is -0.508 e. The lowest BCUT2D eigenvalue weighted by Crippen LogP contribution is -2.40. The van der Waals surface area contributed by atoms with Crippen molar-refractivity contribution < 1.29 is 9.90 Å². The normalized spacial score (nSPS) is 12.2. The van der Waals surface area contributed by atoms with Crippen LogP contribution in [0.3, 0.4) is 0 Å². The topological polar surface area (TPSA) is 66.6 Å². The second-order valence-electron chi connectivity index (χ2n) is 3.87. The number of nitrogens with zero attached hydrogens (tertiary/aromatic N) is 1. The highest BCUT2D eigenvalue weighted by molar-refractivity contribution is 8.00. The van der Waals surface area contributed by atoms with Crippen LogP contribution in [0.25, 0.3) is 0 Å². The summed E-state index contributed by atoms with van der Waals surface area (Å²) >= 11 is 1.45. The van der Waals surface area contributed by atoms with E-state index in [9.17, 15) is 4.79 Å². The number of hydrogen-bond donors (Lipinski definition) is 2. The minimum atomic E-state index is 0.0565. The van der Waals surface area contributed by atoms with Crippen molar-refractivity contribution in [1.29, 1.82) is 0 Å². The number of phenols is 1. The maximum absolute atomic E-state index is 11.8. The molecule has 4 nitrogen and oxygen atoms in total. The van der Waals surface area contributed by atoms with Crippen LogP contribution in [0.1, 0.15) is 6.92 Å². The number of nitrogens with two attached hydrogens (primary N) is 1. The first-order valence-electron chi connectivity index (χ1n) is 5.42. The van der Waals surface area contributed by atoms with Crippen LogP contribution in [0.2, 0.25) is 0 Å². The molecular weight excluding hydrogens is 236 g/mol. The minimum absolute atomic E-state index is 0.0565. The monoisotopic (exact) mass is 254 g/mol. The number of benzene rings is 1. The molecule has 0 heterocycles. The van der Waals surface area contributed by atoms with E-state index in [2.05, 4.69) is 0 Å². The third-order valence-electron chi connectivity index (χ3n) is 2.59. The zero-order valence-corrected chi connectivity index (χ0v) is 10.9. The third kappa shape index (κ3) is 4.28. The summed E-state index contributed by atoms with van der Waals surface area (Å²) < 4.78 is 0. The Bertz CT molecular complexity index is 367. The Morgan fingerprint density at radius 3 is 2.59 bits per heavy atom. The van der Waals surface area contributed by atoms with Crippen molar-refractivity contribution in [2.24, 2.45) is 5.73 Å². The van der Waals surface area contributed by atoms with Gasteiger partial charge in [0.1, 0.15) is 5.75 Å². The average molecular weight is 254 g/mol. The molecule has 0 aliphatic carbocycles. The predicted octanol–water partition coefficient (Wildman–Crippen LogP) is 1.29. The van der Waals surface area contributed by atoms with E-state index in [1.54, 1.807) is 36.2 Å². The van der Waals surface area contributed by atoms with Crippen molar-refractivity contribution >= 4 is 17.7 Å². The fourth-order valence-electron chi connectivity index (χ4n) is 1.19. The summed E-state index contributed by atoms with van der Waals surface area (Å²) in [7, 11) is 1.76. The van der Waals surface area contributed by atoms with Gasteiger partial charge in [0.25, 0.3) is 0 Å². The molecule has 1 rings (SSSR count). The SMILES string of the molecule is CC(CN)N(C)C(=O)CSc1ccc(O)cc1. The molecule has 5 heteroatoms. The van der Waals surface area contributed by atoms with Crippen molar-refractivity contribution in [2.45, 2.75) is 17.9 Å². The van der Waals surface area contributed by atoms with Gasteiger partial charge in [-0.3, -0.25) is 4.79 Å². The Balaban J connectivity index is 2.45. The number of phenolic OH excluding ortho intramolecular Hbond substituents is 1. The largest absolute Gasteiger partial charge is 0.508 e. The van der Waals surface area contributed by atoms with Crippen LogP contribution in [0, 0.1) is 0 Å².